The van der Waals surface area contributed by atoms with Crippen LogP contribution in [0.1, 0.15) is 5.56 Å². The molecule has 1 heterocycles. The number of nitrogens with one attached hydrogen (secondary N) is 1. The Morgan fingerprint density at radius 2 is 1.78 bits per heavy atom. The average Bonchev–Trinajstić information content (AvgIpc) is 2.68. The van der Waals surface area contributed by atoms with E-state index in [1.54, 1.807) is 24.4 Å². The van der Waals surface area contributed by atoms with Crippen LogP contribution < -0.4 is 10.1 Å². The van der Waals surface area contributed by atoms with E-state index in [1.165, 1.54) is 17.7 Å². The van der Waals surface area contributed by atoms with E-state index < -0.39 is 0 Å². The first-order valence-electron chi connectivity index (χ1n) is 8.81. The van der Waals surface area contributed by atoms with Gasteiger partial charge in [0.2, 0.25) is 11.8 Å². The van der Waals surface area contributed by atoms with E-state index in [4.69, 9.17) is 4.74 Å². The highest BCUT2D eigenvalue weighted by molar-refractivity contribution is 5.32. The lowest BCUT2D eigenvalue weighted by molar-refractivity contribution is 0.303. The first-order valence-corrected chi connectivity index (χ1v) is 8.81. The minimum atomic E-state index is -0.305. The normalized spacial score (nSPS) is 12.0. The second-order valence-electron chi connectivity index (χ2n) is 6.46. The summed E-state index contributed by atoms with van der Waals surface area (Å²) >= 11 is 0. The Kier molecular flexibility index (Phi) is 6.33. The highest BCUT2D eigenvalue weighted by Crippen LogP contribution is 2.20. The van der Waals surface area contributed by atoms with E-state index in [0.29, 0.717) is 24.1 Å². The smallest absolute Gasteiger partial charge is 0.226 e. The molecule has 0 aliphatic heterocycles. The van der Waals surface area contributed by atoms with Gasteiger partial charge < -0.3 is 15.0 Å². The molecule has 0 amide bonds. The molecule has 0 fully saturated rings. The van der Waals surface area contributed by atoms with Gasteiger partial charge in [-0.15, -0.1) is 0 Å². The molecule has 0 radical (unpaired) electrons. The number of anilines is 1. The largest absolute Gasteiger partial charge is 0.439 e. The maximum atomic E-state index is 13.0. The summed E-state index contributed by atoms with van der Waals surface area (Å²) in [7, 11) is 4.12. The zero-order valence-corrected chi connectivity index (χ0v) is 15.5. The van der Waals surface area contributed by atoms with Gasteiger partial charge in [0.1, 0.15) is 11.6 Å². The summed E-state index contributed by atoms with van der Waals surface area (Å²) in [5.74, 6) is 1.12. The van der Waals surface area contributed by atoms with Crippen molar-refractivity contribution in [3.63, 3.8) is 0 Å². The van der Waals surface area contributed by atoms with Crippen LogP contribution in [-0.2, 0) is 6.42 Å². The van der Waals surface area contributed by atoms with Crippen molar-refractivity contribution in [2.75, 3.05) is 26.0 Å². The molecule has 0 saturated carbocycles. The lowest BCUT2D eigenvalue weighted by atomic mass is 10.1. The average molecular weight is 366 g/mol. The molecule has 3 rings (SSSR count). The molecule has 27 heavy (non-hydrogen) atoms. The predicted octanol–water partition coefficient (Wildman–Crippen LogP) is 3.99. The van der Waals surface area contributed by atoms with Gasteiger partial charge in [-0.05, 0) is 50.3 Å². The minimum Gasteiger partial charge on any atom is -0.439 e. The van der Waals surface area contributed by atoms with Gasteiger partial charge in [0.25, 0.3) is 0 Å². The van der Waals surface area contributed by atoms with E-state index in [9.17, 15) is 4.39 Å². The van der Waals surface area contributed by atoms with Crippen molar-refractivity contribution < 1.29 is 9.13 Å². The standard InChI is InChI=1S/C21H23FN4O/c1-26(2)18(14-16-6-4-3-5-7-16)15-24-21-23-13-12-20(25-21)27-19-10-8-17(22)9-11-19/h3-13,18H,14-15H2,1-2H3,(H,23,24,25). The summed E-state index contributed by atoms with van der Waals surface area (Å²) in [6, 6.07) is 18.2. The quantitative estimate of drug-likeness (QED) is 0.653. The fraction of sp³-hybridized carbons (Fsp3) is 0.238. The number of ether oxygens (including phenoxy) is 1. The fourth-order valence-corrected chi connectivity index (χ4v) is 2.64. The molecule has 6 heteroatoms. The van der Waals surface area contributed by atoms with E-state index in [2.05, 4.69) is 58.5 Å². The maximum Gasteiger partial charge on any atom is 0.226 e. The summed E-state index contributed by atoms with van der Waals surface area (Å²) in [6.45, 7) is 0.696. The van der Waals surface area contributed by atoms with Crippen LogP contribution >= 0.6 is 0 Å². The Morgan fingerprint density at radius 1 is 1.04 bits per heavy atom. The highest BCUT2D eigenvalue weighted by Gasteiger charge is 2.13. The van der Waals surface area contributed by atoms with Gasteiger partial charge in [-0.3, -0.25) is 0 Å². The second-order valence-corrected chi connectivity index (χ2v) is 6.46. The molecule has 0 bridgehead atoms. The Morgan fingerprint density at radius 3 is 2.48 bits per heavy atom. The molecule has 0 aliphatic carbocycles. The summed E-state index contributed by atoms with van der Waals surface area (Å²) in [4.78, 5) is 10.8. The molecule has 5 nitrogen and oxygen atoms in total. The van der Waals surface area contributed by atoms with Gasteiger partial charge in [0.15, 0.2) is 0 Å². The number of likely N-dealkylation sites (N-methyl/N-ethyl adjacent to an activating group) is 1. The number of aromatic nitrogens is 2. The molecule has 1 atom stereocenters. The number of halogens is 1. The third-order valence-electron chi connectivity index (χ3n) is 4.21. The van der Waals surface area contributed by atoms with Crippen LogP contribution in [0.15, 0.2) is 66.9 Å². The molecule has 3 aromatic rings. The van der Waals surface area contributed by atoms with Gasteiger partial charge in [-0.1, -0.05) is 30.3 Å². The molecule has 1 N–H and O–H groups in total. The third kappa shape index (κ3) is 5.76. The second kappa shape index (κ2) is 9.09. The van der Waals surface area contributed by atoms with Crippen LogP contribution in [0.4, 0.5) is 10.3 Å². The topological polar surface area (TPSA) is 50.3 Å². The van der Waals surface area contributed by atoms with Gasteiger partial charge in [0.05, 0.1) is 0 Å². The number of hydrogen-bond acceptors (Lipinski definition) is 5. The molecule has 0 spiro atoms. The Bertz CT molecular complexity index is 840. The number of nitrogens with zero attached hydrogens (tertiary/aromatic N) is 3. The molecule has 0 saturated heterocycles. The summed E-state index contributed by atoms with van der Waals surface area (Å²) in [6.07, 6.45) is 2.56. The van der Waals surface area contributed by atoms with E-state index in [0.717, 1.165) is 6.42 Å². The van der Waals surface area contributed by atoms with Crippen LogP contribution in [0.5, 0.6) is 11.6 Å². The Hall–Kier alpha value is -2.99. The number of rotatable bonds is 8. The minimum absolute atomic E-state index is 0.290. The maximum absolute atomic E-state index is 13.0. The van der Waals surface area contributed by atoms with Crippen LogP contribution in [0.25, 0.3) is 0 Å². The molecular weight excluding hydrogens is 343 g/mol. The summed E-state index contributed by atoms with van der Waals surface area (Å²) in [5.41, 5.74) is 1.28. The van der Waals surface area contributed by atoms with Crippen molar-refractivity contribution in [2.45, 2.75) is 12.5 Å². The zero-order chi connectivity index (χ0) is 19.1. The predicted molar refractivity (Wildman–Crippen MR) is 105 cm³/mol. The van der Waals surface area contributed by atoms with Crippen LogP contribution in [0.2, 0.25) is 0 Å². The van der Waals surface area contributed by atoms with Crippen LogP contribution in [0, 0.1) is 5.82 Å². The summed E-state index contributed by atoms with van der Waals surface area (Å²) in [5, 5.41) is 3.28. The van der Waals surface area contributed by atoms with Crippen LogP contribution in [0.3, 0.4) is 0 Å². The SMILES string of the molecule is CN(C)C(CNc1nccc(Oc2ccc(F)cc2)n1)Cc1ccccc1. The van der Waals surface area contributed by atoms with Crippen molar-refractivity contribution in [1.82, 2.24) is 14.9 Å². The Labute approximate surface area is 158 Å². The van der Waals surface area contributed by atoms with Gasteiger partial charge in [0, 0.05) is 24.8 Å². The number of hydrogen-bond donors (Lipinski definition) is 1. The van der Waals surface area contributed by atoms with Crippen molar-refractivity contribution in [3.8, 4) is 11.6 Å². The first-order chi connectivity index (χ1) is 13.1. The lowest BCUT2D eigenvalue weighted by Gasteiger charge is -2.24. The van der Waals surface area contributed by atoms with Crippen molar-refractivity contribution >= 4 is 5.95 Å². The van der Waals surface area contributed by atoms with Crippen molar-refractivity contribution in [2.24, 2.45) is 0 Å². The van der Waals surface area contributed by atoms with Crippen LogP contribution in [-0.4, -0.2) is 41.5 Å². The highest BCUT2D eigenvalue weighted by atomic mass is 19.1. The molecular formula is C21H23FN4O. The molecule has 0 aliphatic rings. The summed E-state index contributed by atoms with van der Waals surface area (Å²) < 4.78 is 18.6. The van der Waals surface area contributed by atoms with Gasteiger partial charge in [-0.2, -0.15) is 4.98 Å². The molecule has 140 valence electrons. The lowest BCUT2D eigenvalue weighted by Crippen LogP contribution is -2.36. The number of benzene rings is 2. The third-order valence-corrected chi connectivity index (χ3v) is 4.21. The van der Waals surface area contributed by atoms with E-state index in [-0.39, 0.29) is 11.9 Å². The van der Waals surface area contributed by atoms with E-state index in [1.807, 2.05) is 6.07 Å². The zero-order valence-electron chi connectivity index (χ0n) is 15.5. The first kappa shape index (κ1) is 18.8. The molecule has 1 unspecified atom stereocenters. The van der Waals surface area contributed by atoms with E-state index >= 15 is 0 Å². The van der Waals surface area contributed by atoms with Gasteiger partial charge >= 0.3 is 0 Å². The monoisotopic (exact) mass is 366 g/mol. The van der Waals surface area contributed by atoms with Crippen molar-refractivity contribution in [3.05, 3.63) is 78.2 Å². The fourth-order valence-electron chi connectivity index (χ4n) is 2.64. The molecule has 2 aromatic carbocycles. The Balaban J connectivity index is 1.61. The molecule has 1 aromatic heterocycles. The van der Waals surface area contributed by atoms with Gasteiger partial charge in [-0.25, -0.2) is 9.37 Å². The van der Waals surface area contributed by atoms with Crippen molar-refractivity contribution in [1.29, 1.82) is 0 Å².